The summed E-state index contributed by atoms with van der Waals surface area (Å²) in [5.74, 6) is 2.88. The maximum Gasteiger partial charge on any atom is 0.292 e. The lowest BCUT2D eigenvalue weighted by molar-refractivity contribution is -0.142. The number of nitrogens with one attached hydrogen (secondary N) is 1. The van der Waals surface area contributed by atoms with Crippen molar-refractivity contribution in [3.63, 3.8) is 0 Å². The van der Waals surface area contributed by atoms with Crippen molar-refractivity contribution in [2.75, 3.05) is 58.3 Å². The van der Waals surface area contributed by atoms with E-state index in [1.807, 2.05) is 56.0 Å². The number of morpholine rings is 1. The lowest BCUT2D eigenvalue weighted by Crippen LogP contribution is -2.51. The molecule has 0 saturated carbocycles. The quantitative estimate of drug-likeness (QED) is 0.0765. The SMILES string of the molecule is C#C/C(CN=C(Nc1ccc(C(C(=O)N2CCC2)N2CCOCC2)cc1)C(=O)N(C)C=C)=C(C)\C(C)=C/C.CC(=O)c1cc2c(s1)CCCCC2. The molecule has 1 N–H and O–H groups in total. The minimum atomic E-state index is -0.351. The normalized spacial score (nSPS) is 17.6. The number of ether oxygens (including phenoxy) is 1. The van der Waals surface area contributed by atoms with Crippen molar-refractivity contribution in [3.05, 3.63) is 86.8 Å². The number of aliphatic imine (C=N–C) groups is 1. The van der Waals surface area contributed by atoms with Gasteiger partial charge in [-0.25, -0.2) is 0 Å². The summed E-state index contributed by atoms with van der Waals surface area (Å²) in [6, 6.07) is 9.37. The van der Waals surface area contributed by atoms with E-state index in [1.54, 1.807) is 25.3 Å². The molecule has 2 aliphatic heterocycles. The molecule has 5 rings (SSSR count). The van der Waals surface area contributed by atoms with E-state index in [-0.39, 0.29) is 36.0 Å². The van der Waals surface area contributed by atoms with Crippen LogP contribution in [0.1, 0.15) is 85.1 Å². The zero-order valence-corrected chi connectivity index (χ0v) is 31.7. The fourth-order valence-corrected chi connectivity index (χ4v) is 7.23. The van der Waals surface area contributed by atoms with Gasteiger partial charge >= 0.3 is 0 Å². The van der Waals surface area contributed by atoms with Crippen LogP contribution in [-0.2, 0) is 27.2 Å². The maximum absolute atomic E-state index is 13.3. The molecule has 1 aromatic heterocycles. The lowest BCUT2D eigenvalue weighted by atomic mass is 10.0. The molecule has 9 nitrogen and oxygen atoms in total. The number of thiophene rings is 1. The Balaban J connectivity index is 0.000000372. The number of allylic oxidation sites excluding steroid dienone is 3. The van der Waals surface area contributed by atoms with Gasteiger partial charge in [0.25, 0.3) is 5.91 Å². The highest BCUT2D eigenvalue weighted by Gasteiger charge is 2.34. The molecular weight excluding hydrogens is 659 g/mol. The summed E-state index contributed by atoms with van der Waals surface area (Å²) in [5.41, 5.74) is 5.78. The zero-order valence-electron chi connectivity index (χ0n) is 30.9. The second-order valence-corrected chi connectivity index (χ2v) is 14.3. The monoisotopic (exact) mass is 711 g/mol. The Morgan fingerprint density at radius 1 is 1.06 bits per heavy atom. The number of likely N-dealkylation sites (tertiary alicyclic amines) is 1. The third kappa shape index (κ3) is 10.6. The van der Waals surface area contributed by atoms with Gasteiger partial charge in [-0.05, 0) is 101 Å². The van der Waals surface area contributed by atoms with E-state index < -0.39 is 0 Å². The Labute approximate surface area is 308 Å². The summed E-state index contributed by atoms with van der Waals surface area (Å²) >= 11 is 1.71. The van der Waals surface area contributed by atoms with Gasteiger partial charge in [-0.2, -0.15) is 0 Å². The van der Waals surface area contributed by atoms with Gasteiger partial charge in [0.05, 0.1) is 24.6 Å². The number of fused-ring (bicyclic) bond motifs is 1. The number of carbonyl (C=O) groups excluding carboxylic acids is 3. The molecule has 1 atom stereocenters. The van der Waals surface area contributed by atoms with Crippen molar-refractivity contribution in [2.45, 2.75) is 72.3 Å². The van der Waals surface area contributed by atoms with Gasteiger partial charge in [0.15, 0.2) is 11.6 Å². The van der Waals surface area contributed by atoms with Crippen LogP contribution in [0.5, 0.6) is 0 Å². The number of aryl methyl sites for hydroxylation is 2. The highest BCUT2D eigenvalue weighted by atomic mass is 32.1. The number of carbonyl (C=O) groups is 3. The standard InChI is InChI=1S/C30H39N5O3.C11H14OS/c1-7-22(4)23(5)24(8-2)21-31-28(30(37)33(6)9-3)32-26-13-11-25(12-14-26)27(29(36)35-15-10-16-35)34-17-19-38-20-18-34;1-8(12)11-7-9-5-3-2-4-6-10(9)13-11/h2,7,9,11-14,27H,3,10,15-21H2,1,4-6H3,(H,31,32);7H,2-6H2,1H3/b22-7-,24-23+;. The van der Waals surface area contributed by atoms with E-state index in [0.29, 0.717) is 37.6 Å². The first-order valence-corrected chi connectivity index (χ1v) is 18.7. The van der Waals surface area contributed by atoms with Crippen LogP contribution in [-0.4, -0.2) is 91.1 Å². The topological polar surface area (TPSA) is 94.6 Å². The van der Waals surface area contributed by atoms with Gasteiger partial charge in [-0.3, -0.25) is 24.3 Å². The predicted molar refractivity (Wildman–Crippen MR) is 208 cm³/mol. The van der Waals surface area contributed by atoms with Crippen molar-refractivity contribution >= 4 is 40.5 Å². The molecule has 2 amide bonds. The van der Waals surface area contributed by atoms with Crippen LogP contribution in [0.2, 0.25) is 0 Å². The number of hydrogen-bond donors (Lipinski definition) is 1. The summed E-state index contributed by atoms with van der Waals surface area (Å²) in [6.45, 7) is 15.7. The number of benzene rings is 1. The number of nitrogens with zero attached hydrogens (tertiary/aromatic N) is 4. The van der Waals surface area contributed by atoms with Crippen LogP contribution in [0, 0.1) is 12.3 Å². The number of ketones is 1. The molecule has 0 spiro atoms. The lowest BCUT2D eigenvalue weighted by Gasteiger charge is -2.40. The van der Waals surface area contributed by atoms with Crippen LogP contribution < -0.4 is 5.32 Å². The molecule has 51 heavy (non-hydrogen) atoms. The molecule has 272 valence electrons. The molecule has 10 heteroatoms. The molecule has 3 heterocycles. The fraction of sp³-hybridized carbons (Fsp3) is 0.463. The molecule has 1 aliphatic carbocycles. The minimum Gasteiger partial charge on any atom is -0.379 e. The predicted octanol–water partition coefficient (Wildman–Crippen LogP) is 6.84. The smallest absolute Gasteiger partial charge is 0.292 e. The fourth-order valence-electron chi connectivity index (χ4n) is 6.08. The Kier molecular flexibility index (Phi) is 15.0. The average molecular weight is 712 g/mol. The molecule has 0 bridgehead atoms. The second-order valence-electron chi connectivity index (χ2n) is 13.1. The van der Waals surface area contributed by atoms with Gasteiger partial charge in [0.1, 0.15) is 6.04 Å². The van der Waals surface area contributed by atoms with Crippen LogP contribution in [0.4, 0.5) is 5.69 Å². The van der Waals surface area contributed by atoms with E-state index in [1.165, 1.54) is 53.6 Å². The third-order valence-electron chi connectivity index (χ3n) is 9.74. The van der Waals surface area contributed by atoms with E-state index in [2.05, 4.69) is 33.8 Å². The first kappa shape index (κ1) is 39.5. The highest BCUT2D eigenvalue weighted by Crippen LogP contribution is 2.30. The molecule has 0 radical (unpaired) electrons. The molecule has 3 aliphatic rings. The van der Waals surface area contributed by atoms with Crippen molar-refractivity contribution in [1.82, 2.24) is 14.7 Å². The first-order chi connectivity index (χ1) is 24.6. The Morgan fingerprint density at radius 2 is 1.75 bits per heavy atom. The van der Waals surface area contributed by atoms with Crippen molar-refractivity contribution in [1.29, 1.82) is 0 Å². The van der Waals surface area contributed by atoms with E-state index in [0.717, 1.165) is 41.1 Å². The van der Waals surface area contributed by atoms with Crippen LogP contribution in [0.15, 0.2) is 70.9 Å². The summed E-state index contributed by atoms with van der Waals surface area (Å²) in [7, 11) is 1.62. The van der Waals surface area contributed by atoms with Gasteiger partial charge in [-0.1, -0.05) is 42.7 Å². The first-order valence-electron chi connectivity index (χ1n) is 17.9. The van der Waals surface area contributed by atoms with Crippen LogP contribution >= 0.6 is 11.3 Å². The number of amidine groups is 1. The van der Waals surface area contributed by atoms with Crippen molar-refractivity contribution in [2.24, 2.45) is 4.99 Å². The Bertz CT molecular complexity index is 1660. The van der Waals surface area contributed by atoms with Crippen molar-refractivity contribution < 1.29 is 19.1 Å². The second kappa shape index (κ2) is 19.3. The number of terminal acetylenes is 1. The molecule has 2 fully saturated rings. The number of amides is 2. The molecule has 2 aromatic rings. The van der Waals surface area contributed by atoms with Gasteiger partial charge in [0, 0.05) is 49.4 Å². The number of hydrogen-bond acceptors (Lipinski definition) is 7. The van der Waals surface area contributed by atoms with Crippen molar-refractivity contribution in [3.8, 4) is 12.3 Å². The maximum atomic E-state index is 13.3. The minimum absolute atomic E-state index is 0.129. The largest absolute Gasteiger partial charge is 0.379 e. The summed E-state index contributed by atoms with van der Waals surface area (Å²) in [6.07, 6.45) is 16.5. The van der Waals surface area contributed by atoms with E-state index in [4.69, 9.17) is 11.2 Å². The van der Waals surface area contributed by atoms with Crippen LogP contribution in [0.25, 0.3) is 0 Å². The molecule has 1 unspecified atom stereocenters. The molecule has 2 saturated heterocycles. The summed E-state index contributed by atoms with van der Waals surface area (Å²) in [5, 5.41) is 3.15. The zero-order chi connectivity index (χ0) is 36.9. The van der Waals surface area contributed by atoms with Gasteiger partial charge < -0.3 is 19.9 Å². The van der Waals surface area contributed by atoms with Gasteiger partial charge in [0.2, 0.25) is 5.91 Å². The molecule has 1 aromatic carbocycles. The van der Waals surface area contributed by atoms with E-state index >= 15 is 0 Å². The van der Waals surface area contributed by atoms with Crippen LogP contribution in [0.3, 0.4) is 0 Å². The Morgan fingerprint density at radius 3 is 2.33 bits per heavy atom. The average Bonchev–Trinajstić information content (AvgIpc) is 3.41. The number of Topliss-reactive ketones (excluding diaryl/α,β-unsaturated/α-hetero) is 1. The molecular formula is C41H53N5O4S. The summed E-state index contributed by atoms with van der Waals surface area (Å²) < 4.78 is 5.51. The van der Waals surface area contributed by atoms with E-state index in [9.17, 15) is 14.4 Å². The Hall–Kier alpha value is -4.30. The number of anilines is 1. The van der Waals surface area contributed by atoms with Gasteiger partial charge in [-0.15, -0.1) is 17.8 Å². The summed E-state index contributed by atoms with van der Waals surface area (Å²) in [4.78, 5) is 49.9. The highest BCUT2D eigenvalue weighted by molar-refractivity contribution is 7.14. The number of rotatable bonds is 9. The third-order valence-corrected chi connectivity index (χ3v) is 11.1. The number of likely N-dealkylation sites (N-methyl/N-ethyl adjacent to an activating group) is 1.